The van der Waals surface area contributed by atoms with E-state index in [0.717, 1.165) is 22.7 Å². The molecule has 2 aromatic carbocycles. The number of rotatable bonds is 8. The van der Waals surface area contributed by atoms with Gasteiger partial charge in [0.15, 0.2) is 0 Å². The van der Waals surface area contributed by atoms with Gasteiger partial charge in [-0.2, -0.15) is 13.2 Å². The Morgan fingerprint density at radius 1 is 1.14 bits per heavy atom. The van der Waals surface area contributed by atoms with Crippen LogP contribution in [0.1, 0.15) is 11.1 Å². The van der Waals surface area contributed by atoms with Crippen LogP contribution in [0.4, 0.5) is 18.9 Å². The van der Waals surface area contributed by atoms with Crippen LogP contribution in [0.25, 0.3) is 0 Å². The van der Waals surface area contributed by atoms with Gasteiger partial charge in [0.05, 0.1) is 24.1 Å². The lowest BCUT2D eigenvalue weighted by Crippen LogP contribution is -2.41. The molecule has 0 spiro atoms. The van der Waals surface area contributed by atoms with Crippen molar-refractivity contribution in [2.75, 3.05) is 30.3 Å². The highest BCUT2D eigenvalue weighted by molar-refractivity contribution is 7.92. The molecule has 0 aliphatic carbocycles. The average Bonchev–Trinajstić information content (AvgIpc) is 2.63. The number of para-hydroxylation sites is 1. The van der Waals surface area contributed by atoms with Crippen LogP contribution in [0.5, 0.6) is 5.75 Å². The highest BCUT2D eigenvalue weighted by Crippen LogP contribution is 2.31. The van der Waals surface area contributed by atoms with Crippen molar-refractivity contribution < 1.29 is 31.1 Å². The Balaban J connectivity index is 1.91. The Bertz CT molecular complexity index is 962. The second-order valence-electron chi connectivity index (χ2n) is 6.28. The van der Waals surface area contributed by atoms with Gasteiger partial charge in [0.25, 0.3) is 0 Å². The zero-order chi connectivity index (χ0) is 21.7. The summed E-state index contributed by atoms with van der Waals surface area (Å²) >= 11 is 0. The molecule has 1 amide bonds. The molecule has 0 saturated heterocycles. The standard InChI is InChI=1S/C19H21F3N2O4S/c1-14-6-3-4-9-17(14)24(29(2,26)27)13-18(25)23-10-11-28-16-8-5-7-15(12-16)19(20,21)22/h3-9,12H,10-11,13H2,1-2H3,(H,23,25). The summed E-state index contributed by atoms with van der Waals surface area (Å²) in [6.45, 7) is 1.23. The van der Waals surface area contributed by atoms with Gasteiger partial charge >= 0.3 is 6.18 Å². The maximum Gasteiger partial charge on any atom is 0.416 e. The number of sulfonamides is 1. The lowest BCUT2D eigenvalue weighted by molar-refractivity contribution is -0.137. The first-order valence-electron chi connectivity index (χ1n) is 8.58. The van der Waals surface area contributed by atoms with Crippen LogP contribution in [-0.4, -0.2) is 40.3 Å². The van der Waals surface area contributed by atoms with Gasteiger partial charge in [-0.1, -0.05) is 24.3 Å². The summed E-state index contributed by atoms with van der Waals surface area (Å²) in [6.07, 6.45) is -3.47. The molecule has 0 fully saturated rings. The number of aryl methyl sites for hydroxylation is 1. The number of nitrogens with one attached hydrogen (secondary N) is 1. The van der Waals surface area contributed by atoms with E-state index in [1.165, 1.54) is 12.1 Å². The number of alkyl halides is 3. The maximum atomic E-state index is 12.7. The number of amides is 1. The van der Waals surface area contributed by atoms with Gasteiger partial charge in [-0.3, -0.25) is 9.10 Å². The van der Waals surface area contributed by atoms with Crippen LogP contribution in [0.3, 0.4) is 0 Å². The van der Waals surface area contributed by atoms with Gasteiger partial charge in [0, 0.05) is 0 Å². The van der Waals surface area contributed by atoms with E-state index in [1.54, 1.807) is 31.2 Å². The predicted molar refractivity (Wildman–Crippen MR) is 103 cm³/mol. The topological polar surface area (TPSA) is 75.7 Å². The number of halogens is 3. The van der Waals surface area contributed by atoms with Crippen molar-refractivity contribution in [3.05, 3.63) is 59.7 Å². The number of hydrogen-bond acceptors (Lipinski definition) is 4. The van der Waals surface area contributed by atoms with Crippen molar-refractivity contribution in [3.63, 3.8) is 0 Å². The summed E-state index contributed by atoms with van der Waals surface area (Å²) in [5.41, 5.74) is 0.255. The van der Waals surface area contributed by atoms with E-state index in [0.29, 0.717) is 11.3 Å². The molecule has 0 aliphatic heterocycles. The number of nitrogens with zero attached hydrogens (tertiary/aromatic N) is 1. The van der Waals surface area contributed by atoms with Crippen molar-refractivity contribution in [1.29, 1.82) is 0 Å². The van der Waals surface area contributed by atoms with Crippen molar-refractivity contribution in [3.8, 4) is 5.75 Å². The lowest BCUT2D eigenvalue weighted by atomic mass is 10.2. The molecule has 10 heteroatoms. The third-order valence-corrected chi connectivity index (χ3v) is 5.05. The van der Waals surface area contributed by atoms with Crippen molar-refractivity contribution in [2.24, 2.45) is 0 Å². The fraction of sp³-hybridized carbons (Fsp3) is 0.316. The summed E-state index contributed by atoms with van der Waals surface area (Å²) in [6, 6.07) is 11.1. The van der Waals surface area contributed by atoms with Crippen LogP contribution in [-0.2, 0) is 21.0 Å². The second kappa shape index (κ2) is 9.17. The maximum absolute atomic E-state index is 12.7. The predicted octanol–water partition coefficient (Wildman–Crippen LogP) is 2.98. The molecule has 0 aliphatic rings. The number of hydrogen-bond donors (Lipinski definition) is 1. The summed E-state index contributed by atoms with van der Waals surface area (Å²) in [5.74, 6) is -0.543. The van der Waals surface area contributed by atoms with Crippen molar-refractivity contribution in [1.82, 2.24) is 5.32 Å². The highest BCUT2D eigenvalue weighted by atomic mass is 32.2. The zero-order valence-corrected chi connectivity index (χ0v) is 16.7. The largest absolute Gasteiger partial charge is 0.492 e. The normalized spacial score (nSPS) is 11.8. The van der Waals surface area contributed by atoms with Gasteiger partial charge in [-0.15, -0.1) is 0 Å². The van der Waals surface area contributed by atoms with E-state index >= 15 is 0 Å². The van der Waals surface area contributed by atoms with Crippen LogP contribution in [0.15, 0.2) is 48.5 Å². The number of carbonyl (C=O) groups is 1. The molecule has 2 rings (SSSR count). The second-order valence-corrected chi connectivity index (χ2v) is 8.19. The number of benzene rings is 2. The molecule has 2 aromatic rings. The molecular formula is C19H21F3N2O4S. The van der Waals surface area contributed by atoms with Crippen LogP contribution >= 0.6 is 0 Å². The molecule has 0 unspecified atom stereocenters. The number of anilines is 1. The minimum absolute atomic E-state index is 0.000449. The molecule has 1 N–H and O–H groups in total. The van der Waals surface area contributed by atoms with Gasteiger partial charge in [0.2, 0.25) is 15.9 Å². The Kier molecular flexibility index (Phi) is 7.12. The summed E-state index contributed by atoms with van der Waals surface area (Å²) < 4.78 is 68.4. The molecule has 0 heterocycles. The molecule has 0 radical (unpaired) electrons. The molecule has 0 atom stereocenters. The lowest BCUT2D eigenvalue weighted by Gasteiger charge is -2.23. The van der Waals surface area contributed by atoms with Gasteiger partial charge < -0.3 is 10.1 Å². The molecule has 0 saturated carbocycles. The Labute approximate surface area is 167 Å². The van der Waals surface area contributed by atoms with E-state index in [2.05, 4.69) is 5.32 Å². The van der Waals surface area contributed by atoms with E-state index in [1.807, 2.05) is 0 Å². The number of ether oxygens (including phenoxy) is 1. The average molecular weight is 430 g/mol. The van der Waals surface area contributed by atoms with Crippen LogP contribution in [0, 0.1) is 6.92 Å². The van der Waals surface area contributed by atoms with Gasteiger partial charge in [-0.25, -0.2) is 8.42 Å². The number of carbonyl (C=O) groups excluding carboxylic acids is 1. The van der Waals surface area contributed by atoms with E-state index < -0.39 is 34.2 Å². The third-order valence-electron chi connectivity index (χ3n) is 3.93. The third kappa shape index (κ3) is 6.67. The monoisotopic (exact) mass is 430 g/mol. The SMILES string of the molecule is Cc1ccccc1N(CC(=O)NCCOc1cccc(C(F)(F)F)c1)S(C)(=O)=O. The van der Waals surface area contributed by atoms with E-state index in [9.17, 15) is 26.4 Å². The van der Waals surface area contributed by atoms with Gasteiger partial charge in [0.1, 0.15) is 18.9 Å². The zero-order valence-electron chi connectivity index (χ0n) is 15.9. The molecular weight excluding hydrogens is 409 g/mol. The van der Waals surface area contributed by atoms with E-state index in [4.69, 9.17) is 4.74 Å². The quantitative estimate of drug-likeness (QED) is 0.654. The Hall–Kier alpha value is -2.75. The Morgan fingerprint density at radius 2 is 1.83 bits per heavy atom. The first-order valence-corrected chi connectivity index (χ1v) is 10.4. The fourth-order valence-corrected chi connectivity index (χ4v) is 3.45. The molecule has 0 bridgehead atoms. The first-order chi connectivity index (χ1) is 13.5. The summed E-state index contributed by atoms with van der Waals surface area (Å²) in [5, 5.41) is 2.50. The van der Waals surface area contributed by atoms with E-state index in [-0.39, 0.29) is 18.9 Å². The minimum atomic E-state index is -4.47. The van der Waals surface area contributed by atoms with Crippen LogP contribution < -0.4 is 14.4 Å². The Morgan fingerprint density at radius 3 is 2.45 bits per heavy atom. The highest BCUT2D eigenvalue weighted by Gasteiger charge is 2.30. The summed E-state index contributed by atoms with van der Waals surface area (Å²) in [4.78, 5) is 12.2. The molecule has 0 aromatic heterocycles. The van der Waals surface area contributed by atoms with Crippen molar-refractivity contribution >= 4 is 21.6 Å². The minimum Gasteiger partial charge on any atom is -0.492 e. The van der Waals surface area contributed by atoms with Crippen LogP contribution in [0.2, 0.25) is 0 Å². The molecule has 6 nitrogen and oxygen atoms in total. The molecule has 158 valence electrons. The van der Waals surface area contributed by atoms with Crippen molar-refractivity contribution in [2.45, 2.75) is 13.1 Å². The fourth-order valence-electron chi connectivity index (χ4n) is 2.53. The first kappa shape index (κ1) is 22.5. The molecule has 29 heavy (non-hydrogen) atoms. The summed E-state index contributed by atoms with van der Waals surface area (Å²) in [7, 11) is -3.69. The van der Waals surface area contributed by atoms with Gasteiger partial charge in [-0.05, 0) is 36.8 Å². The smallest absolute Gasteiger partial charge is 0.416 e.